The molecule has 1 aromatic rings. The van der Waals surface area contributed by atoms with Crippen LogP contribution in [0.4, 0.5) is 0 Å². The fourth-order valence-electron chi connectivity index (χ4n) is 1.96. The number of carbonyl (C=O) groups excluding carboxylic acids is 1. The zero-order valence-electron chi connectivity index (χ0n) is 9.54. The summed E-state index contributed by atoms with van der Waals surface area (Å²) in [5, 5.41) is 3.80. The van der Waals surface area contributed by atoms with E-state index in [-0.39, 0.29) is 5.91 Å². The summed E-state index contributed by atoms with van der Waals surface area (Å²) in [7, 11) is 0. The van der Waals surface area contributed by atoms with Crippen molar-refractivity contribution in [1.29, 1.82) is 0 Å². The molecule has 1 aromatic carbocycles. The van der Waals surface area contributed by atoms with Crippen LogP contribution in [-0.2, 0) is 0 Å². The first-order chi connectivity index (χ1) is 8.09. The number of amides is 1. The molecule has 0 bridgehead atoms. The quantitative estimate of drug-likeness (QED) is 0.863. The van der Waals surface area contributed by atoms with Gasteiger partial charge in [-0.15, -0.1) is 0 Å². The van der Waals surface area contributed by atoms with E-state index in [1.807, 2.05) is 17.0 Å². The maximum Gasteiger partial charge on any atom is 0.255 e. The number of hydrogen-bond donors (Lipinski definition) is 1. The van der Waals surface area contributed by atoms with E-state index < -0.39 is 0 Å². The summed E-state index contributed by atoms with van der Waals surface area (Å²) in [4.78, 5) is 14.2. The third-order valence-corrected chi connectivity index (χ3v) is 4.13. The summed E-state index contributed by atoms with van der Waals surface area (Å²) in [6.07, 6.45) is 0. The Balaban J connectivity index is 2.22. The maximum atomic E-state index is 12.3. The molecule has 92 valence electrons. The Morgan fingerprint density at radius 3 is 3.06 bits per heavy atom. The van der Waals surface area contributed by atoms with Gasteiger partial charge >= 0.3 is 0 Å². The molecule has 2 rings (SSSR count). The number of piperazine rings is 1. The first kappa shape index (κ1) is 12.9. The van der Waals surface area contributed by atoms with E-state index in [2.05, 4.69) is 28.2 Å². The van der Waals surface area contributed by atoms with E-state index in [1.165, 1.54) is 0 Å². The smallest absolute Gasteiger partial charge is 0.255 e. The first-order valence-electron chi connectivity index (χ1n) is 5.56. The highest BCUT2D eigenvalue weighted by Crippen LogP contribution is 2.27. The van der Waals surface area contributed by atoms with Crippen molar-refractivity contribution < 1.29 is 4.79 Å². The summed E-state index contributed by atoms with van der Waals surface area (Å²) in [6, 6.07) is 5.76. The molecule has 1 atom stereocenters. The highest BCUT2D eigenvalue weighted by atomic mass is 79.9. The van der Waals surface area contributed by atoms with Gasteiger partial charge in [-0.3, -0.25) is 4.79 Å². The highest BCUT2D eigenvalue weighted by Gasteiger charge is 2.23. The van der Waals surface area contributed by atoms with E-state index in [4.69, 9.17) is 11.6 Å². The number of benzene rings is 1. The average molecular weight is 318 g/mol. The van der Waals surface area contributed by atoms with Crippen molar-refractivity contribution in [2.75, 3.05) is 19.6 Å². The van der Waals surface area contributed by atoms with Gasteiger partial charge in [0.2, 0.25) is 0 Å². The Labute approximate surface area is 114 Å². The van der Waals surface area contributed by atoms with Gasteiger partial charge in [0, 0.05) is 30.1 Å². The minimum absolute atomic E-state index is 0.00431. The lowest BCUT2D eigenvalue weighted by Gasteiger charge is -2.32. The summed E-state index contributed by atoms with van der Waals surface area (Å²) >= 11 is 9.47. The van der Waals surface area contributed by atoms with E-state index in [0.717, 1.165) is 24.1 Å². The monoisotopic (exact) mass is 316 g/mol. The van der Waals surface area contributed by atoms with Crippen LogP contribution < -0.4 is 5.32 Å². The predicted octanol–water partition coefficient (Wildman–Crippen LogP) is 2.54. The molecule has 0 saturated carbocycles. The van der Waals surface area contributed by atoms with Crippen LogP contribution in [0.1, 0.15) is 17.3 Å². The topological polar surface area (TPSA) is 32.3 Å². The van der Waals surface area contributed by atoms with Crippen molar-refractivity contribution in [2.45, 2.75) is 13.0 Å². The normalized spacial score (nSPS) is 20.4. The third-order valence-electron chi connectivity index (χ3n) is 2.84. The van der Waals surface area contributed by atoms with Gasteiger partial charge in [0.05, 0.1) is 10.6 Å². The van der Waals surface area contributed by atoms with Crippen molar-refractivity contribution in [1.82, 2.24) is 10.2 Å². The standard InChI is InChI=1S/C12H14BrClN2O/c1-8-7-16(6-5-15-8)12(17)9-3-2-4-10(13)11(9)14/h2-4,8,15H,5-7H2,1H3/t8-/m1/s1. The Hall–Kier alpha value is -0.580. The van der Waals surface area contributed by atoms with Crippen LogP contribution in [0.15, 0.2) is 22.7 Å². The molecule has 3 nitrogen and oxygen atoms in total. The van der Waals surface area contributed by atoms with Crippen molar-refractivity contribution in [2.24, 2.45) is 0 Å². The molecule has 0 aromatic heterocycles. The van der Waals surface area contributed by atoms with Gasteiger partial charge in [-0.1, -0.05) is 17.7 Å². The van der Waals surface area contributed by atoms with E-state index in [9.17, 15) is 4.79 Å². The summed E-state index contributed by atoms with van der Waals surface area (Å²) in [6.45, 7) is 4.36. The summed E-state index contributed by atoms with van der Waals surface area (Å²) in [5.41, 5.74) is 0.565. The number of nitrogens with one attached hydrogen (secondary N) is 1. The van der Waals surface area contributed by atoms with Crippen molar-refractivity contribution in [3.05, 3.63) is 33.3 Å². The number of halogens is 2. The van der Waals surface area contributed by atoms with Crippen molar-refractivity contribution >= 4 is 33.4 Å². The molecular formula is C12H14BrClN2O. The number of hydrogen-bond acceptors (Lipinski definition) is 2. The molecule has 1 saturated heterocycles. The molecular weight excluding hydrogens is 304 g/mol. The van der Waals surface area contributed by atoms with Crippen LogP contribution in [0.3, 0.4) is 0 Å². The molecule has 17 heavy (non-hydrogen) atoms. The minimum Gasteiger partial charge on any atom is -0.336 e. The summed E-state index contributed by atoms with van der Waals surface area (Å²) < 4.78 is 0.758. The van der Waals surface area contributed by atoms with Crippen LogP contribution in [0, 0.1) is 0 Å². The zero-order valence-corrected chi connectivity index (χ0v) is 11.9. The second kappa shape index (κ2) is 5.38. The third kappa shape index (κ3) is 2.81. The van der Waals surface area contributed by atoms with Crippen LogP contribution in [0.5, 0.6) is 0 Å². The van der Waals surface area contributed by atoms with Crippen molar-refractivity contribution in [3.63, 3.8) is 0 Å². The minimum atomic E-state index is 0.00431. The Kier molecular flexibility index (Phi) is 4.07. The van der Waals surface area contributed by atoms with E-state index >= 15 is 0 Å². The predicted molar refractivity (Wildman–Crippen MR) is 72.5 cm³/mol. The Morgan fingerprint density at radius 1 is 1.59 bits per heavy atom. The van der Waals surface area contributed by atoms with Gasteiger partial charge in [-0.2, -0.15) is 0 Å². The number of rotatable bonds is 1. The van der Waals surface area contributed by atoms with E-state index in [1.54, 1.807) is 6.07 Å². The van der Waals surface area contributed by atoms with Gasteiger partial charge in [0.15, 0.2) is 0 Å². The average Bonchev–Trinajstić information content (AvgIpc) is 2.32. The molecule has 1 fully saturated rings. The molecule has 1 aliphatic rings. The van der Waals surface area contributed by atoms with Crippen LogP contribution in [0.25, 0.3) is 0 Å². The fraction of sp³-hybridized carbons (Fsp3) is 0.417. The molecule has 0 aliphatic carbocycles. The first-order valence-corrected chi connectivity index (χ1v) is 6.73. The van der Waals surface area contributed by atoms with Crippen LogP contribution >= 0.6 is 27.5 Å². The van der Waals surface area contributed by atoms with Crippen LogP contribution in [0.2, 0.25) is 5.02 Å². The molecule has 1 aliphatic heterocycles. The maximum absolute atomic E-state index is 12.3. The Morgan fingerprint density at radius 2 is 2.35 bits per heavy atom. The number of carbonyl (C=O) groups is 1. The zero-order chi connectivity index (χ0) is 12.4. The van der Waals surface area contributed by atoms with Gasteiger partial charge in [0.25, 0.3) is 5.91 Å². The highest BCUT2D eigenvalue weighted by molar-refractivity contribution is 9.10. The lowest BCUT2D eigenvalue weighted by atomic mass is 10.1. The molecule has 0 radical (unpaired) electrons. The molecule has 1 heterocycles. The molecule has 1 N–H and O–H groups in total. The molecule has 1 amide bonds. The Bertz CT molecular complexity index is 439. The molecule has 0 unspecified atom stereocenters. The van der Waals surface area contributed by atoms with Crippen LogP contribution in [-0.4, -0.2) is 36.5 Å². The lowest BCUT2D eigenvalue weighted by Crippen LogP contribution is -2.51. The van der Waals surface area contributed by atoms with Crippen molar-refractivity contribution in [3.8, 4) is 0 Å². The fourth-order valence-corrected chi connectivity index (χ4v) is 2.53. The van der Waals surface area contributed by atoms with Gasteiger partial charge in [-0.05, 0) is 35.0 Å². The number of nitrogens with zero attached hydrogens (tertiary/aromatic N) is 1. The largest absolute Gasteiger partial charge is 0.336 e. The lowest BCUT2D eigenvalue weighted by molar-refractivity contribution is 0.0709. The van der Waals surface area contributed by atoms with Gasteiger partial charge in [-0.25, -0.2) is 0 Å². The molecule has 5 heteroatoms. The van der Waals surface area contributed by atoms with Gasteiger partial charge < -0.3 is 10.2 Å². The second-order valence-corrected chi connectivity index (χ2v) is 5.44. The van der Waals surface area contributed by atoms with E-state index in [0.29, 0.717) is 16.6 Å². The van der Waals surface area contributed by atoms with Gasteiger partial charge in [0.1, 0.15) is 0 Å². The second-order valence-electron chi connectivity index (χ2n) is 4.21. The SMILES string of the molecule is C[C@@H]1CN(C(=O)c2cccc(Br)c2Cl)CCN1. The molecule has 0 spiro atoms. The summed E-state index contributed by atoms with van der Waals surface area (Å²) in [5.74, 6) is 0.00431.